The predicted molar refractivity (Wildman–Crippen MR) is 73.0 cm³/mol. The molecule has 1 aliphatic rings. The second-order valence-corrected chi connectivity index (χ2v) is 4.20. The van der Waals surface area contributed by atoms with Gasteiger partial charge in [-0.3, -0.25) is 10.9 Å². The average molecular weight is 252 g/mol. The van der Waals surface area contributed by atoms with Crippen molar-refractivity contribution in [1.82, 2.24) is 5.43 Å². The van der Waals surface area contributed by atoms with Crippen molar-refractivity contribution in [2.45, 2.75) is 0 Å². The Balaban J connectivity index is 1.94. The molecule has 1 saturated heterocycles. The summed E-state index contributed by atoms with van der Waals surface area (Å²) in [6.07, 6.45) is 0. The molecule has 1 aromatic rings. The van der Waals surface area contributed by atoms with E-state index in [2.05, 4.69) is 27.9 Å². The molecule has 5 nitrogen and oxygen atoms in total. The molecule has 4 N–H and O–H groups in total. The summed E-state index contributed by atoms with van der Waals surface area (Å²) in [7, 11) is 0. The van der Waals surface area contributed by atoms with Gasteiger partial charge in [-0.25, -0.2) is 0 Å². The topological polar surface area (TPSA) is 62.5 Å². The van der Waals surface area contributed by atoms with Gasteiger partial charge in [0, 0.05) is 18.8 Å². The number of hydrogen-bond donors (Lipinski definition) is 3. The molecule has 1 fully saturated rings. The zero-order valence-electron chi connectivity index (χ0n) is 9.48. The molecule has 1 aromatic carbocycles. The summed E-state index contributed by atoms with van der Waals surface area (Å²) in [5.41, 5.74) is 13.1. The number of nitrogens with zero attached hydrogens (tertiary/aromatic N) is 1. The van der Waals surface area contributed by atoms with Gasteiger partial charge in [-0.05, 0) is 36.5 Å². The Hall–Kier alpha value is -1.53. The molecule has 0 aliphatic carbocycles. The van der Waals surface area contributed by atoms with Crippen molar-refractivity contribution in [2.24, 2.45) is 5.73 Å². The van der Waals surface area contributed by atoms with E-state index in [0.717, 1.165) is 32.0 Å². The van der Waals surface area contributed by atoms with E-state index in [4.69, 9.17) is 22.7 Å². The molecule has 6 heteroatoms. The first-order valence-corrected chi connectivity index (χ1v) is 5.91. The van der Waals surface area contributed by atoms with Crippen molar-refractivity contribution in [1.29, 1.82) is 0 Å². The van der Waals surface area contributed by atoms with Gasteiger partial charge in [-0.15, -0.1) is 0 Å². The predicted octanol–water partition coefficient (Wildman–Crippen LogP) is 0.683. The number of benzene rings is 1. The molecule has 0 bridgehead atoms. The lowest BCUT2D eigenvalue weighted by molar-refractivity contribution is 0.122. The third kappa shape index (κ3) is 3.47. The number of thiocarbonyl (C=S) groups is 1. The van der Waals surface area contributed by atoms with Crippen LogP contribution in [0.25, 0.3) is 0 Å². The number of anilines is 2. The zero-order valence-corrected chi connectivity index (χ0v) is 10.3. The minimum Gasteiger partial charge on any atom is -0.378 e. The van der Waals surface area contributed by atoms with Crippen LogP contribution in [-0.2, 0) is 4.74 Å². The van der Waals surface area contributed by atoms with Gasteiger partial charge in [-0.1, -0.05) is 0 Å². The van der Waals surface area contributed by atoms with Crippen molar-refractivity contribution >= 4 is 28.7 Å². The Labute approximate surface area is 106 Å². The lowest BCUT2D eigenvalue weighted by atomic mass is 10.2. The molecular weight excluding hydrogens is 236 g/mol. The molecule has 1 heterocycles. The molecule has 0 atom stereocenters. The third-order valence-corrected chi connectivity index (χ3v) is 2.68. The fraction of sp³-hybridized carbons (Fsp3) is 0.364. The Bertz CT molecular complexity index is 376. The summed E-state index contributed by atoms with van der Waals surface area (Å²) in [4.78, 5) is 2.30. The van der Waals surface area contributed by atoms with E-state index >= 15 is 0 Å². The zero-order chi connectivity index (χ0) is 12.1. The molecular formula is C11H16N4OS. The number of nitrogens with two attached hydrogens (primary N) is 1. The third-order valence-electron chi connectivity index (χ3n) is 2.57. The quantitative estimate of drug-likeness (QED) is 0.543. The highest BCUT2D eigenvalue weighted by Crippen LogP contribution is 2.18. The van der Waals surface area contributed by atoms with E-state index in [1.54, 1.807) is 0 Å². The van der Waals surface area contributed by atoms with Gasteiger partial charge in [0.25, 0.3) is 0 Å². The van der Waals surface area contributed by atoms with Crippen LogP contribution < -0.4 is 21.5 Å². The summed E-state index contributed by atoms with van der Waals surface area (Å²) in [5.74, 6) is 0. The Kier molecular flexibility index (Phi) is 4.00. The summed E-state index contributed by atoms with van der Waals surface area (Å²) >= 11 is 4.70. The van der Waals surface area contributed by atoms with Crippen molar-refractivity contribution in [3.8, 4) is 0 Å². The lowest BCUT2D eigenvalue weighted by Crippen LogP contribution is -2.36. The van der Waals surface area contributed by atoms with Gasteiger partial charge in [0.1, 0.15) is 0 Å². The number of morpholine rings is 1. The van der Waals surface area contributed by atoms with Gasteiger partial charge in [0.2, 0.25) is 0 Å². The second-order valence-electron chi connectivity index (χ2n) is 3.76. The minimum atomic E-state index is 0.224. The molecule has 0 amide bonds. The molecule has 2 rings (SSSR count). The van der Waals surface area contributed by atoms with Crippen LogP contribution in [0.2, 0.25) is 0 Å². The molecule has 1 aliphatic heterocycles. The number of hydrazine groups is 1. The van der Waals surface area contributed by atoms with Crippen LogP contribution in [0.1, 0.15) is 0 Å². The summed E-state index contributed by atoms with van der Waals surface area (Å²) in [6.45, 7) is 3.47. The second kappa shape index (κ2) is 5.70. The summed E-state index contributed by atoms with van der Waals surface area (Å²) in [5, 5.41) is 0.224. The SMILES string of the molecule is NC(=S)NNc1ccc(N2CCOCC2)cc1. The lowest BCUT2D eigenvalue weighted by Gasteiger charge is -2.28. The molecule has 0 unspecified atom stereocenters. The summed E-state index contributed by atoms with van der Waals surface area (Å²) in [6, 6.07) is 8.09. The smallest absolute Gasteiger partial charge is 0.182 e. The van der Waals surface area contributed by atoms with Gasteiger partial charge in [0.15, 0.2) is 5.11 Å². The largest absolute Gasteiger partial charge is 0.378 e. The number of ether oxygens (including phenoxy) is 1. The number of hydrogen-bond acceptors (Lipinski definition) is 4. The monoisotopic (exact) mass is 252 g/mol. The van der Waals surface area contributed by atoms with Gasteiger partial charge in [-0.2, -0.15) is 0 Å². The Morgan fingerprint density at radius 1 is 1.24 bits per heavy atom. The van der Waals surface area contributed by atoms with Gasteiger partial charge in [0.05, 0.1) is 18.9 Å². The van der Waals surface area contributed by atoms with Crippen LogP contribution in [0.3, 0.4) is 0 Å². The van der Waals surface area contributed by atoms with Gasteiger partial charge >= 0.3 is 0 Å². The summed E-state index contributed by atoms with van der Waals surface area (Å²) < 4.78 is 5.32. The van der Waals surface area contributed by atoms with Crippen LogP contribution in [0.4, 0.5) is 11.4 Å². The molecule has 92 valence electrons. The Morgan fingerprint density at radius 2 is 1.88 bits per heavy atom. The highest BCUT2D eigenvalue weighted by Gasteiger charge is 2.10. The van der Waals surface area contributed by atoms with E-state index in [1.165, 1.54) is 5.69 Å². The van der Waals surface area contributed by atoms with Crippen molar-refractivity contribution in [2.75, 3.05) is 36.6 Å². The number of rotatable bonds is 3. The van der Waals surface area contributed by atoms with Crippen LogP contribution in [-0.4, -0.2) is 31.4 Å². The number of nitrogens with one attached hydrogen (secondary N) is 2. The maximum Gasteiger partial charge on any atom is 0.182 e. The first-order valence-electron chi connectivity index (χ1n) is 5.50. The molecule has 0 aromatic heterocycles. The molecule has 0 spiro atoms. The van der Waals surface area contributed by atoms with Crippen LogP contribution >= 0.6 is 12.2 Å². The minimum absolute atomic E-state index is 0.224. The van der Waals surface area contributed by atoms with Crippen LogP contribution in [0, 0.1) is 0 Å². The van der Waals surface area contributed by atoms with E-state index in [-0.39, 0.29) is 5.11 Å². The van der Waals surface area contributed by atoms with E-state index in [9.17, 15) is 0 Å². The normalized spacial score (nSPS) is 15.4. The average Bonchev–Trinajstić information content (AvgIpc) is 2.38. The maximum atomic E-state index is 5.32. The van der Waals surface area contributed by atoms with Crippen molar-refractivity contribution < 1.29 is 4.74 Å². The first-order chi connectivity index (χ1) is 8.25. The van der Waals surface area contributed by atoms with Gasteiger partial charge < -0.3 is 15.4 Å². The van der Waals surface area contributed by atoms with E-state index in [0.29, 0.717) is 0 Å². The van der Waals surface area contributed by atoms with E-state index in [1.807, 2.05) is 12.1 Å². The highest BCUT2D eigenvalue weighted by molar-refractivity contribution is 7.80. The van der Waals surface area contributed by atoms with E-state index < -0.39 is 0 Å². The molecule has 0 radical (unpaired) electrons. The Morgan fingerprint density at radius 3 is 2.47 bits per heavy atom. The van der Waals surface area contributed by atoms with Crippen LogP contribution in [0.15, 0.2) is 24.3 Å². The standard InChI is InChI=1S/C11H16N4OS/c12-11(17)14-13-9-1-3-10(4-2-9)15-5-7-16-8-6-15/h1-4,13H,5-8H2,(H3,12,14,17). The first kappa shape index (κ1) is 11.9. The van der Waals surface area contributed by atoms with Crippen LogP contribution in [0.5, 0.6) is 0 Å². The molecule has 0 saturated carbocycles. The molecule has 17 heavy (non-hydrogen) atoms. The maximum absolute atomic E-state index is 5.32. The highest BCUT2D eigenvalue weighted by atomic mass is 32.1. The van der Waals surface area contributed by atoms with Crippen molar-refractivity contribution in [3.05, 3.63) is 24.3 Å². The fourth-order valence-corrected chi connectivity index (χ4v) is 1.76. The van der Waals surface area contributed by atoms with Crippen molar-refractivity contribution in [3.63, 3.8) is 0 Å². The fourth-order valence-electron chi connectivity index (χ4n) is 1.71.